The van der Waals surface area contributed by atoms with E-state index in [1.54, 1.807) is 20.8 Å². The van der Waals surface area contributed by atoms with Crippen LogP contribution in [0.15, 0.2) is 54.6 Å². The summed E-state index contributed by atoms with van der Waals surface area (Å²) in [5.41, 5.74) is 0.718. The van der Waals surface area contributed by atoms with E-state index in [1.165, 1.54) is 0 Å². The third-order valence-electron chi connectivity index (χ3n) is 5.33. The first-order valence-electron chi connectivity index (χ1n) is 10.3. The average Bonchev–Trinajstić information content (AvgIpc) is 2.70. The number of anilines is 1. The maximum Gasteiger partial charge on any atom is 0.227 e. The molecule has 7 heteroatoms. The van der Waals surface area contributed by atoms with Crippen LogP contribution < -0.4 is 14.8 Å². The maximum absolute atomic E-state index is 12.6. The number of para-hydroxylation sites is 1. The summed E-state index contributed by atoms with van der Waals surface area (Å²) in [6.45, 7) is 5.06. The van der Waals surface area contributed by atoms with E-state index in [0.29, 0.717) is 31.4 Å². The number of hydrogen-bond donors (Lipinski definition) is 2. The summed E-state index contributed by atoms with van der Waals surface area (Å²) in [5, 5.41) is 2.96. The Morgan fingerprint density at radius 2 is 1.47 bits per heavy atom. The van der Waals surface area contributed by atoms with Gasteiger partial charge in [0.15, 0.2) is 0 Å². The molecule has 0 aromatic heterocycles. The van der Waals surface area contributed by atoms with E-state index < -0.39 is 14.8 Å². The van der Waals surface area contributed by atoms with Crippen molar-refractivity contribution in [3.63, 3.8) is 0 Å². The van der Waals surface area contributed by atoms with Gasteiger partial charge in [-0.2, -0.15) is 0 Å². The zero-order chi connectivity index (χ0) is 21.8. The highest BCUT2D eigenvalue weighted by molar-refractivity contribution is 7.90. The zero-order valence-electron chi connectivity index (χ0n) is 17.7. The van der Waals surface area contributed by atoms with Crippen LogP contribution in [-0.2, 0) is 14.8 Å². The van der Waals surface area contributed by atoms with Crippen molar-refractivity contribution in [3.8, 4) is 11.5 Å². The van der Waals surface area contributed by atoms with Crippen LogP contribution >= 0.6 is 0 Å². The van der Waals surface area contributed by atoms with Gasteiger partial charge >= 0.3 is 0 Å². The molecule has 1 aliphatic carbocycles. The number of nitrogens with one attached hydrogen (secondary N) is 2. The normalized spacial score (nSPS) is 19.8. The molecule has 1 saturated carbocycles. The summed E-state index contributed by atoms with van der Waals surface area (Å²) in [6.07, 6.45) is 2.66. The number of carbonyl (C=O) groups excluding carboxylic acids is 1. The predicted molar refractivity (Wildman–Crippen MR) is 119 cm³/mol. The average molecular weight is 431 g/mol. The molecule has 0 atom stereocenters. The van der Waals surface area contributed by atoms with E-state index in [1.807, 2.05) is 54.6 Å². The molecule has 0 saturated heterocycles. The molecule has 1 fully saturated rings. The number of amides is 1. The predicted octanol–water partition coefficient (Wildman–Crippen LogP) is 4.69. The molecule has 0 bridgehead atoms. The van der Waals surface area contributed by atoms with Crippen LogP contribution in [-0.4, -0.2) is 25.1 Å². The molecule has 0 radical (unpaired) electrons. The number of sulfonamides is 1. The van der Waals surface area contributed by atoms with Crippen molar-refractivity contribution in [2.75, 3.05) is 5.32 Å². The lowest BCUT2D eigenvalue weighted by atomic mass is 9.86. The molecule has 2 N–H and O–H groups in total. The van der Waals surface area contributed by atoms with E-state index >= 15 is 0 Å². The van der Waals surface area contributed by atoms with Crippen molar-refractivity contribution in [1.29, 1.82) is 0 Å². The third kappa shape index (κ3) is 5.83. The van der Waals surface area contributed by atoms with Crippen LogP contribution in [0.2, 0.25) is 0 Å². The summed E-state index contributed by atoms with van der Waals surface area (Å²) >= 11 is 0. The number of ether oxygens (including phenoxy) is 1. The Balaban J connectivity index is 1.49. The number of rotatable bonds is 6. The van der Waals surface area contributed by atoms with Crippen LogP contribution in [0.4, 0.5) is 5.69 Å². The fraction of sp³-hybridized carbons (Fsp3) is 0.435. The SMILES string of the molecule is CC(C)(C)S(=O)(=O)NC1CCC(C(=O)Nc2ccc(Oc3ccccc3)cc2)CC1. The smallest absolute Gasteiger partial charge is 0.227 e. The lowest BCUT2D eigenvalue weighted by Crippen LogP contribution is -2.46. The van der Waals surface area contributed by atoms with Crippen LogP contribution in [0.5, 0.6) is 11.5 Å². The van der Waals surface area contributed by atoms with Gasteiger partial charge in [0.25, 0.3) is 0 Å². The summed E-state index contributed by atoms with van der Waals surface area (Å²) in [7, 11) is -3.37. The lowest BCUT2D eigenvalue weighted by molar-refractivity contribution is -0.120. The molecular formula is C23H30N2O4S. The fourth-order valence-electron chi connectivity index (χ4n) is 3.34. The third-order valence-corrected chi connectivity index (χ3v) is 7.58. The minimum absolute atomic E-state index is 0.0242. The number of benzene rings is 2. The van der Waals surface area contributed by atoms with Gasteiger partial charge in [-0.25, -0.2) is 13.1 Å². The van der Waals surface area contributed by atoms with Crippen LogP contribution in [0.3, 0.4) is 0 Å². The van der Waals surface area contributed by atoms with E-state index in [9.17, 15) is 13.2 Å². The van der Waals surface area contributed by atoms with Gasteiger partial charge in [0, 0.05) is 17.6 Å². The van der Waals surface area contributed by atoms with Crippen molar-refractivity contribution in [3.05, 3.63) is 54.6 Å². The highest BCUT2D eigenvalue weighted by Gasteiger charge is 2.34. The minimum Gasteiger partial charge on any atom is -0.457 e. The standard InChI is InChI=1S/C23H30N2O4S/c1-23(2,3)30(27,28)25-19-11-9-17(10-12-19)22(26)24-18-13-15-21(16-14-18)29-20-7-5-4-6-8-20/h4-8,13-17,19,25H,9-12H2,1-3H3,(H,24,26). The van der Waals surface area contributed by atoms with Crippen molar-refractivity contribution in [2.24, 2.45) is 5.92 Å². The molecule has 2 aromatic rings. The Morgan fingerprint density at radius 1 is 0.900 bits per heavy atom. The topological polar surface area (TPSA) is 84.5 Å². The molecule has 0 unspecified atom stereocenters. The second-order valence-corrected chi connectivity index (χ2v) is 11.2. The highest BCUT2D eigenvalue weighted by atomic mass is 32.2. The summed E-state index contributed by atoms with van der Waals surface area (Å²) in [5.74, 6) is 1.32. The quantitative estimate of drug-likeness (QED) is 0.696. The monoisotopic (exact) mass is 430 g/mol. The highest BCUT2D eigenvalue weighted by Crippen LogP contribution is 2.28. The maximum atomic E-state index is 12.6. The Hall–Kier alpha value is -2.38. The second-order valence-electron chi connectivity index (χ2n) is 8.71. The first kappa shape index (κ1) is 22.3. The van der Waals surface area contributed by atoms with Gasteiger partial charge < -0.3 is 10.1 Å². The fourth-order valence-corrected chi connectivity index (χ4v) is 4.37. The van der Waals surface area contributed by atoms with Gasteiger partial charge in [-0.15, -0.1) is 0 Å². The van der Waals surface area contributed by atoms with E-state index in [0.717, 1.165) is 11.4 Å². The molecule has 162 valence electrons. The molecule has 2 aromatic carbocycles. The van der Waals surface area contributed by atoms with Gasteiger partial charge in [0.1, 0.15) is 11.5 Å². The van der Waals surface area contributed by atoms with E-state index in [4.69, 9.17) is 4.74 Å². The molecule has 0 spiro atoms. The van der Waals surface area contributed by atoms with Gasteiger partial charge in [-0.05, 0) is 82.9 Å². The first-order chi connectivity index (χ1) is 14.1. The molecule has 0 heterocycles. The molecular weight excluding hydrogens is 400 g/mol. The number of hydrogen-bond acceptors (Lipinski definition) is 4. The second kappa shape index (κ2) is 9.18. The first-order valence-corrected chi connectivity index (χ1v) is 11.8. The van der Waals surface area contributed by atoms with E-state index in [-0.39, 0.29) is 17.9 Å². The number of carbonyl (C=O) groups is 1. The molecule has 0 aliphatic heterocycles. The largest absolute Gasteiger partial charge is 0.457 e. The Kier molecular flexibility index (Phi) is 6.83. The molecule has 30 heavy (non-hydrogen) atoms. The van der Waals surface area contributed by atoms with Gasteiger partial charge in [-0.1, -0.05) is 18.2 Å². The zero-order valence-corrected chi connectivity index (χ0v) is 18.5. The Labute approximate surface area is 179 Å². The molecule has 6 nitrogen and oxygen atoms in total. The van der Waals surface area contributed by atoms with Gasteiger partial charge in [0.2, 0.25) is 15.9 Å². The van der Waals surface area contributed by atoms with Crippen molar-refractivity contribution < 1.29 is 17.9 Å². The summed E-state index contributed by atoms with van der Waals surface area (Å²) < 4.78 is 32.4. The summed E-state index contributed by atoms with van der Waals surface area (Å²) in [4.78, 5) is 12.6. The van der Waals surface area contributed by atoms with Crippen molar-refractivity contribution in [2.45, 2.75) is 57.2 Å². The van der Waals surface area contributed by atoms with Crippen LogP contribution in [0, 0.1) is 5.92 Å². The Bertz CT molecular complexity index is 943. The lowest BCUT2D eigenvalue weighted by Gasteiger charge is -2.30. The van der Waals surface area contributed by atoms with E-state index in [2.05, 4.69) is 10.0 Å². The summed E-state index contributed by atoms with van der Waals surface area (Å²) in [6, 6.07) is 16.7. The molecule has 1 aliphatic rings. The van der Waals surface area contributed by atoms with Gasteiger partial charge in [-0.3, -0.25) is 4.79 Å². The van der Waals surface area contributed by atoms with Crippen molar-refractivity contribution in [1.82, 2.24) is 4.72 Å². The molecule has 3 rings (SSSR count). The Morgan fingerprint density at radius 3 is 2.03 bits per heavy atom. The van der Waals surface area contributed by atoms with Crippen LogP contribution in [0.25, 0.3) is 0 Å². The van der Waals surface area contributed by atoms with Crippen LogP contribution in [0.1, 0.15) is 46.5 Å². The van der Waals surface area contributed by atoms with Gasteiger partial charge in [0.05, 0.1) is 4.75 Å². The molecule has 1 amide bonds. The van der Waals surface area contributed by atoms with Crippen molar-refractivity contribution >= 4 is 21.6 Å². The minimum atomic E-state index is -3.37.